The first-order chi connectivity index (χ1) is 15.4. The molecular formula is C25H27N5O2. The van der Waals surface area contributed by atoms with E-state index >= 15 is 0 Å². The number of likely N-dealkylation sites (tertiary alicyclic amines) is 1. The zero-order valence-electron chi connectivity index (χ0n) is 18.7. The number of hydrogen-bond acceptors (Lipinski definition) is 5. The second kappa shape index (κ2) is 6.90. The van der Waals surface area contributed by atoms with Crippen LogP contribution >= 0.6 is 0 Å². The van der Waals surface area contributed by atoms with Gasteiger partial charge in [0.2, 0.25) is 5.88 Å². The first-order valence-electron chi connectivity index (χ1n) is 11.3. The summed E-state index contributed by atoms with van der Waals surface area (Å²) in [4.78, 5) is 28.0. The Bertz CT molecular complexity index is 1220. The molecule has 7 heteroatoms. The molecule has 0 bridgehead atoms. The number of nitrogens with zero attached hydrogens (tertiary/aromatic N) is 3. The Balaban J connectivity index is 1.42. The van der Waals surface area contributed by atoms with Crippen molar-refractivity contribution in [3.63, 3.8) is 0 Å². The number of aromatic amines is 1. The van der Waals surface area contributed by atoms with Gasteiger partial charge in [-0.1, -0.05) is 0 Å². The summed E-state index contributed by atoms with van der Waals surface area (Å²) in [6.45, 7) is 6.60. The maximum atomic E-state index is 12.9. The molecule has 5 heterocycles. The zero-order chi connectivity index (χ0) is 22.0. The molecule has 3 aliphatic rings. The Morgan fingerprint density at radius 1 is 1.16 bits per heavy atom. The van der Waals surface area contributed by atoms with Gasteiger partial charge in [-0.25, -0.2) is 4.98 Å². The number of aromatic nitrogens is 3. The van der Waals surface area contributed by atoms with Gasteiger partial charge in [0.1, 0.15) is 0 Å². The minimum absolute atomic E-state index is 0.00151. The molecule has 6 rings (SSSR count). The molecule has 164 valence electrons. The molecule has 0 atom stereocenters. The van der Waals surface area contributed by atoms with E-state index in [2.05, 4.69) is 33.3 Å². The topological polar surface area (TPSA) is 83.1 Å². The number of aryl methyl sites for hydroxylation is 1. The van der Waals surface area contributed by atoms with Gasteiger partial charge in [0, 0.05) is 54.9 Å². The summed E-state index contributed by atoms with van der Waals surface area (Å²) < 4.78 is 5.66. The molecule has 3 aromatic rings. The van der Waals surface area contributed by atoms with Crippen molar-refractivity contribution in [2.75, 3.05) is 26.7 Å². The lowest BCUT2D eigenvalue weighted by molar-refractivity contribution is 0.0688. The van der Waals surface area contributed by atoms with Crippen LogP contribution in [-0.4, -0.2) is 58.5 Å². The number of carbonyl (C=O) groups is 1. The number of pyridine rings is 2. The van der Waals surface area contributed by atoms with Gasteiger partial charge >= 0.3 is 0 Å². The smallest absolute Gasteiger partial charge is 0.253 e. The predicted octanol–water partition coefficient (Wildman–Crippen LogP) is 2.95. The Kier molecular flexibility index (Phi) is 4.21. The van der Waals surface area contributed by atoms with E-state index in [0.29, 0.717) is 12.4 Å². The quantitative estimate of drug-likeness (QED) is 0.669. The number of amides is 1. The number of rotatable bonds is 3. The Hall–Kier alpha value is -3.19. The van der Waals surface area contributed by atoms with Crippen LogP contribution in [0.5, 0.6) is 5.88 Å². The molecule has 0 unspecified atom stereocenters. The number of nitrogens with one attached hydrogen (secondary N) is 2. The number of likely N-dealkylation sites (N-methyl/N-ethyl adjacent to an activating group) is 1. The van der Waals surface area contributed by atoms with Crippen molar-refractivity contribution in [1.29, 1.82) is 0 Å². The summed E-state index contributed by atoms with van der Waals surface area (Å²) in [6, 6.07) is 6.01. The fourth-order valence-electron chi connectivity index (χ4n) is 5.53. The normalized spacial score (nSPS) is 18.6. The van der Waals surface area contributed by atoms with Crippen molar-refractivity contribution in [2.24, 2.45) is 0 Å². The number of H-pyrrole nitrogens is 1. The first kappa shape index (κ1) is 19.5. The van der Waals surface area contributed by atoms with Gasteiger partial charge in [-0.05, 0) is 57.0 Å². The van der Waals surface area contributed by atoms with Crippen molar-refractivity contribution in [3.05, 3.63) is 53.0 Å². The van der Waals surface area contributed by atoms with Gasteiger partial charge in [-0.2, -0.15) is 0 Å². The van der Waals surface area contributed by atoms with Crippen LogP contribution in [0.4, 0.5) is 0 Å². The highest BCUT2D eigenvalue weighted by molar-refractivity contribution is 6.01. The maximum Gasteiger partial charge on any atom is 0.253 e. The van der Waals surface area contributed by atoms with Crippen molar-refractivity contribution in [1.82, 2.24) is 25.2 Å². The zero-order valence-corrected chi connectivity index (χ0v) is 18.7. The van der Waals surface area contributed by atoms with E-state index in [1.165, 1.54) is 5.56 Å². The summed E-state index contributed by atoms with van der Waals surface area (Å²) in [5.74, 6) is 0.670. The third-order valence-electron chi connectivity index (χ3n) is 6.88. The van der Waals surface area contributed by atoms with Crippen LogP contribution < -0.4 is 10.1 Å². The monoisotopic (exact) mass is 429 g/mol. The van der Waals surface area contributed by atoms with E-state index in [1.54, 1.807) is 0 Å². The molecule has 1 spiro atoms. The van der Waals surface area contributed by atoms with E-state index < -0.39 is 0 Å². The summed E-state index contributed by atoms with van der Waals surface area (Å²) in [7, 11) is 2.13. The van der Waals surface area contributed by atoms with Gasteiger partial charge in [0.05, 0.1) is 28.5 Å². The van der Waals surface area contributed by atoms with Crippen LogP contribution in [0, 0.1) is 0 Å². The lowest BCUT2D eigenvalue weighted by Crippen LogP contribution is -2.65. The summed E-state index contributed by atoms with van der Waals surface area (Å²) >= 11 is 0. The molecule has 1 fully saturated rings. The van der Waals surface area contributed by atoms with Crippen LogP contribution in [0.1, 0.15) is 41.0 Å². The molecule has 0 saturated carbocycles. The van der Waals surface area contributed by atoms with Crippen molar-refractivity contribution in [2.45, 2.75) is 38.2 Å². The molecule has 1 aliphatic carbocycles. The highest BCUT2D eigenvalue weighted by atomic mass is 16.5. The standard InChI is InChI=1S/C25H27N5O2/c1-14(2)32-20-7-5-16(10-27-20)19-8-18-15(9-26-19)4-6-17-21-23(29-22(17)18)25(11-28-24(21)31)12-30(3)13-25/h5,7-10,14,29H,4,6,11-13H2,1-3H3,(H,28,31). The van der Waals surface area contributed by atoms with Gasteiger partial charge in [-0.15, -0.1) is 0 Å². The highest BCUT2D eigenvalue weighted by Gasteiger charge is 2.50. The fraction of sp³-hybridized carbons (Fsp3) is 0.400. The van der Waals surface area contributed by atoms with E-state index in [9.17, 15) is 4.79 Å². The van der Waals surface area contributed by atoms with Crippen molar-refractivity contribution in [3.8, 4) is 28.4 Å². The predicted molar refractivity (Wildman–Crippen MR) is 122 cm³/mol. The Morgan fingerprint density at radius 3 is 2.72 bits per heavy atom. The number of ether oxygens (including phenoxy) is 1. The van der Waals surface area contributed by atoms with Gasteiger partial charge in [-0.3, -0.25) is 9.78 Å². The number of carbonyl (C=O) groups excluding carboxylic acids is 1. The first-order valence-corrected chi connectivity index (χ1v) is 11.3. The molecular weight excluding hydrogens is 402 g/mol. The summed E-state index contributed by atoms with van der Waals surface area (Å²) in [5, 5.41) is 3.15. The lowest BCUT2D eigenvalue weighted by Gasteiger charge is -2.50. The number of fused-ring (bicyclic) bond motifs is 6. The third kappa shape index (κ3) is 2.88. The molecule has 2 aliphatic heterocycles. The molecule has 32 heavy (non-hydrogen) atoms. The van der Waals surface area contributed by atoms with Crippen molar-refractivity contribution < 1.29 is 9.53 Å². The molecule has 2 N–H and O–H groups in total. The van der Waals surface area contributed by atoms with Crippen LogP contribution in [0.2, 0.25) is 0 Å². The fourth-order valence-corrected chi connectivity index (χ4v) is 5.53. The maximum absolute atomic E-state index is 12.9. The van der Waals surface area contributed by atoms with Gasteiger partial charge < -0.3 is 19.9 Å². The molecule has 3 aromatic heterocycles. The van der Waals surface area contributed by atoms with Crippen LogP contribution in [0.15, 0.2) is 30.6 Å². The van der Waals surface area contributed by atoms with E-state index in [1.807, 2.05) is 38.4 Å². The minimum Gasteiger partial charge on any atom is -0.475 e. The van der Waals surface area contributed by atoms with Gasteiger partial charge in [0.25, 0.3) is 5.91 Å². The lowest BCUT2D eigenvalue weighted by atomic mass is 9.73. The second-order valence-corrected chi connectivity index (χ2v) is 9.64. The van der Waals surface area contributed by atoms with E-state index in [4.69, 9.17) is 9.72 Å². The molecule has 7 nitrogen and oxygen atoms in total. The average molecular weight is 430 g/mol. The highest BCUT2D eigenvalue weighted by Crippen LogP contribution is 2.44. The van der Waals surface area contributed by atoms with Gasteiger partial charge in [0.15, 0.2) is 0 Å². The second-order valence-electron chi connectivity index (χ2n) is 9.64. The third-order valence-corrected chi connectivity index (χ3v) is 6.88. The average Bonchev–Trinajstić information content (AvgIpc) is 3.16. The van der Waals surface area contributed by atoms with E-state index in [-0.39, 0.29) is 17.4 Å². The molecule has 1 amide bonds. The van der Waals surface area contributed by atoms with E-state index in [0.717, 1.165) is 65.3 Å². The largest absolute Gasteiger partial charge is 0.475 e. The summed E-state index contributed by atoms with van der Waals surface area (Å²) in [6.07, 6.45) is 5.61. The molecule has 0 aromatic carbocycles. The Labute approximate surface area is 187 Å². The SMILES string of the molecule is CC(C)Oc1ccc(-c2cc3c(cn2)CCc2c-3[nH]c3c2C(=O)NCC32CN(C)C2)cn1. The minimum atomic E-state index is 0.00151. The van der Waals surface area contributed by atoms with Crippen molar-refractivity contribution >= 4 is 5.91 Å². The number of hydrogen-bond donors (Lipinski definition) is 2. The van der Waals surface area contributed by atoms with Crippen LogP contribution in [0.25, 0.3) is 22.5 Å². The van der Waals surface area contributed by atoms with Crippen LogP contribution in [-0.2, 0) is 18.3 Å². The summed E-state index contributed by atoms with van der Waals surface area (Å²) in [5.41, 5.74) is 8.40. The molecule has 0 radical (unpaired) electrons. The van der Waals surface area contributed by atoms with Crippen LogP contribution in [0.3, 0.4) is 0 Å². The molecule has 1 saturated heterocycles. The Morgan fingerprint density at radius 2 is 2.00 bits per heavy atom.